The summed E-state index contributed by atoms with van der Waals surface area (Å²) in [6, 6.07) is 10.8. The zero-order valence-corrected chi connectivity index (χ0v) is 12.6. The molecule has 3 rings (SSSR count). The van der Waals surface area contributed by atoms with Crippen LogP contribution in [0.2, 0.25) is 10.0 Å². The van der Waals surface area contributed by atoms with Gasteiger partial charge in [-0.1, -0.05) is 23.2 Å². The lowest BCUT2D eigenvalue weighted by atomic mass is 10.1. The lowest BCUT2D eigenvalue weighted by molar-refractivity contribution is 0.791. The van der Waals surface area contributed by atoms with Crippen LogP contribution in [0.25, 0.3) is 17.1 Å². The molecule has 0 bridgehead atoms. The van der Waals surface area contributed by atoms with Crippen LogP contribution in [0.4, 0.5) is 5.69 Å². The predicted octanol–water partition coefficient (Wildman–Crippen LogP) is 3.53. The first-order chi connectivity index (χ1) is 10.0. The van der Waals surface area contributed by atoms with E-state index in [1.165, 1.54) is 0 Å². The number of nitrogens with two attached hydrogens (primary N) is 1. The van der Waals surface area contributed by atoms with E-state index >= 15 is 0 Å². The van der Waals surface area contributed by atoms with E-state index < -0.39 is 0 Å². The number of nitrogen functional groups attached to an aromatic ring is 1. The largest absolute Gasteiger partial charge is 0.399 e. The van der Waals surface area contributed by atoms with Gasteiger partial charge < -0.3 is 5.73 Å². The van der Waals surface area contributed by atoms with E-state index in [1.807, 2.05) is 25.1 Å². The third kappa shape index (κ3) is 2.84. The minimum Gasteiger partial charge on any atom is -0.399 e. The zero-order valence-electron chi connectivity index (χ0n) is 11.1. The highest BCUT2D eigenvalue weighted by atomic mass is 35.5. The Labute approximate surface area is 131 Å². The molecule has 0 saturated carbocycles. The van der Waals surface area contributed by atoms with Crippen LogP contribution in [0.5, 0.6) is 0 Å². The molecule has 0 unspecified atom stereocenters. The van der Waals surface area contributed by atoms with Crippen LogP contribution >= 0.6 is 23.2 Å². The number of tetrazole rings is 1. The molecule has 106 valence electrons. The summed E-state index contributed by atoms with van der Waals surface area (Å²) < 4.78 is 1.58. The number of hydrogen-bond acceptors (Lipinski definition) is 4. The molecule has 2 N–H and O–H groups in total. The predicted molar refractivity (Wildman–Crippen MR) is 83.8 cm³/mol. The first kappa shape index (κ1) is 13.9. The molecular weight excluding hydrogens is 309 g/mol. The fourth-order valence-corrected chi connectivity index (χ4v) is 2.66. The Balaban J connectivity index is 2.16. The van der Waals surface area contributed by atoms with E-state index in [2.05, 4.69) is 15.5 Å². The van der Waals surface area contributed by atoms with Crippen LogP contribution in [-0.2, 0) is 0 Å². The Morgan fingerprint density at radius 3 is 2.38 bits per heavy atom. The molecule has 1 heterocycles. The lowest BCUT2D eigenvalue weighted by Gasteiger charge is -2.07. The Morgan fingerprint density at radius 2 is 1.71 bits per heavy atom. The fraction of sp³-hybridized carbons (Fsp3) is 0.0714. The summed E-state index contributed by atoms with van der Waals surface area (Å²) in [6.45, 7) is 1.96. The summed E-state index contributed by atoms with van der Waals surface area (Å²) in [7, 11) is 0. The van der Waals surface area contributed by atoms with Crippen molar-refractivity contribution in [3.63, 3.8) is 0 Å². The summed E-state index contributed by atoms with van der Waals surface area (Å²) in [5.41, 5.74) is 9.08. The Bertz CT molecular complexity index is 706. The molecule has 21 heavy (non-hydrogen) atoms. The first-order valence-corrected chi connectivity index (χ1v) is 6.91. The van der Waals surface area contributed by atoms with Crippen LogP contribution < -0.4 is 5.73 Å². The second-order valence-corrected chi connectivity index (χ2v) is 5.55. The number of aromatic nitrogens is 4. The maximum atomic E-state index is 6.03. The highest BCUT2D eigenvalue weighted by Crippen LogP contribution is 2.26. The summed E-state index contributed by atoms with van der Waals surface area (Å²) in [5.74, 6) is 0.573. The second-order valence-electron chi connectivity index (χ2n) is 4.67. The van der Waals surface area contributed by atoms with E-state index in [4.69, 9.17) is 28.9 Å². The van der Waals surface area contributed by atoms with Crippen molar-refractivity contribution in [1.82, 2.24) is 20.2 Å². The van der Waals surface area contributed by atoms with Crippen molar-refractivity contribution in [3.8, 4) is 17.1 Å². The van der Waals surface area contributed by atoms with E-state index in [9.17, 15) is 0 Å². The lowest BCUT2D eigenvalue weighted by Crippen LogP contribution is -2.00. The van der Waals surface area contributed by atoms with Gasteiger partial charge in [0.1, 0.15) is 0 Å². The van der Waals surface area contributed by atoms with E-state index in [1.54, 1.807) is 22.9 Å². The van der Waals surface area contributed by atoms with E-state index in [0.29, 0.717) is 27.2 Å². The van der Waals surface area contributed by atoms with Gasteiger partial charge in [-0.2, -0.15) is 4.68 Å². The van der Waals surface area contributed by atoms with Crippen LogP contribution in [0.15, 0.2) is 36.4 Å². The number of aryl methyl sites for hydroxylation is 1. The number of benzene rings is 2. The van der Waals surface area contributed by atoms with E-state index in [0.717, 1.165) is 11.1 Å². The SMILES string of the molecule is Cc1cc(N)cc(-c2nnnn2-c2cc(Cl)cc(Cl)c2)c1. The summed E-state index contributed by atoms with van der Waals surface area (Å²) in [6.07, 6.45) is 0. The van der Waals surface area contributed by atoms with Crippen LogP contribution in [0.1, 0.15) is 5.56 Å². The van der Waals surface area contributed by atoms with Gasteiger partial charge in [-0.05, 0) is 59.3 Å². The normalized spacial score (nSPS) is 10.8. The average molecular weight is 320 g/mol. The van der Waals surface area contributed by atoms with Crippen molar-refractivity contribution in [1.29, 1.82) is 0 Å². The van der Waals surface area contributed by atoms with Gasteiger partial charge in [0, 0.05) is 21.3 Å². The Kier molecular flexibility index (Phi) is 3.53. The molecule has 2 aromatic carbocycles. The van der Waals surface area contributed by atoms with Gasteiger partial charge in [0.25, 0.3) is 0 Å². The topological polar surface area (TPSA) is 69.6 Å². The first-order valence-electron chi connectivity index (χ1n) is 6.15. The monoisotopic (exact) mass is 319 g/mol. The Hall–Kier alpha value is -2.11. The minimum absolute atomic E-state index is 0.516. The van der Waals surface area contributed by atoms with Crippen molar-refractivity contribution in [2.75, 3.05) is 5.73 Å². The average Bonchev–Trinajstić information content (AvgIpc) is 2.85. The molecule has 0 fully saturated rings. The summed E-state index contributed by atoms with van der Waals surface area (Å²) in [4.78, 5) is 0. The fourth-order valence-electron chi connectivity index (χ4n) is 2.14. The number of halogens is 2. The maximum Gasteiger partial charge on any atom is 0.187 e. The third-order valence-corrected chi connectivity index (χ3v) is 3.36. The van der Waals surface area contributed by atoms with Gasteiger partial charge in [0.15, 0.2) is 5.82 Å². The summed E-state index contributed by atoms with van der Waals surface area (Å²) >= 11 is 12.1. The van der Waals surface area contributed by atoms with Crippen molar-refractivity contribution in [3.05, 3.63) is 52.0 Å². The quantitative estimate of drug-likeness (QED) is 0.733. The standard InChI is InChI=1S/C14H11Cl2N5/c1-8-2-9(4-12(17)3-8)14-18-19-20-21(14)13-6-10(15)5-11(16)7-13/h2-7H,17H2,1H3. The molecule has 0 saturated heterocycles. The van der Waals surface area contributed by atoms with Gasteiger partial charge in [-0.25, -0.2) is 0 Å². The van der Waals surface area contributed by atoms with Crippen molar-refractivity contribution >= 4 is 28.9 Å². The van der Waals surface area contributed by atoms with Crippen LogP contribution in [-0.4, -0.2) is 20.2 Å². The van der Waals surface area contributed by atoms with Gasteiger partial charge in [0.05, 0.1) is 5.69 Å². The smallest absolute Gasteiger partial charge is 0.187 e. The molecule has 0 aliphatic heterocycles. The Morgan fingerprint density at radius 1 is 1.00 bits per heavy atom. The molecule has 0 aliphatic rings. The number of rotatable bonds is 2. The summed E-state index contributed by atoms with van der Waals surface area (Å²) in [5, 5.41) is 12.8. The van der Waals surface area contributed by atoms with Crippen molar-refractivity contribution in [2.24, 2.45) is 0 Å². The highest BCUT2D eigenvalue weighted by molar-refractivity contribution is 6.34. The molecule has 0 amide bonds. The van der Waals surface area contributed by atoms with Crippen molar-refractivity contribution in [2.45, 2.75) is 6.92 Å². The van der Waals surface area contributed by atoms with Crippen molar-refractivity contribution < 1.29 is 0 Å². The molecule has 0 aliphatic carbocycles. The van der Waals surface area contributed by atoms with Gasteiger partial charge in [-0.3, -0.25) is 0 Å². The third-order valence-electron chi connectivity index (χ3n) is 2.92. The highest BCUT2D eigenvalue weighted by Gasteiger charge is 2.12. The van der Waals surface area contributed by atoms with Gasteiger partial charge >= 0.3 is 0 Å². The minimum atomic E-state index is 0.516. The molecule has 0 atom stereocenters. The molecule has 0 radical (unpaired) electrons. The van der Waals surface area contributed by atoms with Crippen LogP contribution in [0, 0.1) is 6.92 Å². The molecular formula is C14H11Cl2N5. The van der Waals surface area contributed by atoms with Crippen LogP contribution in [0.3, 0.4) is 0 Å². The van der Waals surface area contributed by atoms with Gasteiger partial charge in [-0.15, -0.1) is 5.10 Å². The maximum absolute atomic E-state index is 6.03. The number of nitrogens with zero attached hydrogens (tertiary/aromatic N) is 4. The van der Waals surface area contributed by atoms with E-state index in [-0.39, 0.29) is 0 Å². The van der Waals surface area contributed by atoms with Gasteiger partial charge in [0.2, 0.25) is 0 Å². The molecule has 5 nitrogen and oxygen atoms in total. The molecule has 1 aromatic heterocycles. The molecule has 3 aromatic rings. The molecule has 7 heteroatoms. The number of hydrogen-bond donors (Lipinski definition) is 1. The molecule has 0 spiro atoms. The second kappa shape index (κ2) is 5.35. The number of anilines is 1. The zero-order chi connectivity index (χ0) is 15.0.